The van der Waals surface area contributed by atoms with Gasteiger partial charge in [-0.3, -0.25) is 9.78 Å². The van der Waals surface area contributed by atoms with Gasteiger partial charge in [-0.05, 0) is 75.3 Å². The van der Waals surface area contributed by atoms with Gasteiger partial charge in [0.2, 0.25) is 5.91 Å². The van der Waals surface area contributed by atoms with Gasteiger partial charge >= 0.3 is 0 Å². The van der Waals surface area contributed by atoms with Crippen LogP contribution in [-0.2, 0) is 4.79 Å². The van der Waals surface area contributed by atoms with Gasteiger partial charge in [-0.15, -0.1) is 0 Å². The number of nitrogens with one attached hydrogen (secondary N) is 1. The first-order chi connectivity index (χ1) is 14.5. The highest BCUT2D eigenvalue weighted by atomic mass is 16.2. The maximum Gasteiger partial charge on any atom is 0.228 e. The third-order valence-corrected chi connectivity index (χ3v) is 5.78. The van der Waals surface area contributed by atoms with Gasteiger partial charge in [-0.25, -0.2) is 4.98 Å². The molecule has 0 saturated heterocycles. The maximum atomic E-state index is 12.0. The molecule has 1 saturated carbocycles. The lowest BCUT2D eigenvalue weighted by Crippen LogP contribution is -2.14. The molecular formula is C26H33N3O. The summed E-state index contributed by atoms with van der Waals surface area (Å²) in [5, 5.41) is 4.91. The molecule has 0 aromatic carbocycles. The molecule has 1 aliphatic rings. The van der Waals surface area contributed by atoms with Crippen LogP contribution in [0, 0.1) is 5.92 Å². The van der Waals surface area contributed by atoms with Crippen molar-refractivity contribution in [2.45, 2.75) is 66.7 Å². The molecule has 2 aromatic rings. The lowest BCUT2D eigenvalue weighted by molar-refractivity contribution is -0.117. The van der Waals surface area contributed by atoms with Gasteiger partial charge in [-0.2, -0.15) is 0 Å². The topological polar surface area (TPSA) is 54.9 Å². The lowest BCUT2D eigenvalue weighted by Gasteiger charge is -2.12. The number of pyridine rings is 2. The van der Waals surface area contributed by atoms with Crippen LogP contribution in [0.25, 0.3) is 16.3 Å². The smallest absolute Gasteiger partial charge is 0.228 e. The van der Waals surface area contributed by atoms with Gasteiger partial charge in [0.1, 0.15) is 5.82 Å². The van der Waals surface area contributed by atoms with Crippen molar-refractivity contribution in [1.82, 2.24) is 9.97 Å². The van der Waals surface area contributed by atoms with Crippen molar-refractivity contribution >= 4 is 28.1 Å². The second kappa shape index (κ2) is 9.84. The summed E-state index contributed by atoms with van der Waals surface area (Å²) in [4.78, 5) is 21.1. The SMILES string of the molecule is C\C=C(/C(C)=C\C(CCC)=C(/C)CC)c1cc2cnc(NC(=O)C3CC3)cc2cn1. The standard InChI is InChI=1S/C26H33N3O/c1-6-9-20(17(4)7-2)12-18(5)23(8-3)24-13-21-16-28-25(14-22(21)15-27-24)29-26(30)19-10-11-19/h8,12-16,19H,6-7,9-11H2,1-5H3,(H,28,29,30)/b18-12-,20-17+,23-8+. The summed E-state index contributed by atoms with van der Waals surface area (Å²) in [7, 11) is 0. The summed E-state index contributed by atoms with van der Waals surface area (Å²) >= 11 is 0. The van der Waals surface area contributed by atoms with Crippen molar-refractivity contribution in [3.8, 4) is 0 Å². The Balaban J connectivity index is 1.88. The van der Waals surface area contributed by atoms with E-state index in [1.54, 1.807) is 0 Å². The van der Waals surface area contributed by atoms with Crippen LogP contribution in [0.15, 0.2) is 53.4 Å². The Morgan fingerprint density at radius 3 is 2.47 bits per heavy atom. The number of allylic oxidation sites excluding steroid dienone is 6. The molecule has 4 nitrogen and oxygen atoms in total. The highest BCUT2D eigenvalue weighted by Gasteiger charge is 2.29. The van der Waals surface area contributed by atoms with Crippen LogP contribution in [0.4, 0.5) is 5.82 Å². The van der Waals surface area contributed by atoms with E-state index >= 15 is 0 Å². The molecule has 4 heteroatoms. The molecule has 0 aliphatic heterocycles. The van der Waals surface area contributed by atoms with Gasteiger partial charge in [0, 0.05) is 29.1 Å². The molecule has 3 rings (SSSR count). The monoisotopic (exact) mass is 403 g/mol. The average Bonchev–Trinajstić information content (AvgIpc) is 3.59. The van der Waals surface area contributed by atoms with Crippen molar-refractivity contribution in [3.05, 3.63) is 59.1 Å². The molecule has 1 N–H and O–H groups in total. The molecule has 0 spiro atoms. The fourth-order valence-electron chi connectivity index (χ4n) is 3.65. The Kier molecular flexibility index (Phi) is 7.20. The summed E-state index contributed by atoms with van der Waals surface area (Å²) in [5.41, 5.74) is 6.18. The Hall–Kier alpha value is -2.75. The number of amides is 1. The summed E-state index contributed by atoms with van der Waals surface area (Å²) < 4.78 is 0. The van der Waals surface area contributed by atoms with Crippen LogP contribution in [0.1, 0.15) is 72.4 Å². The molecule has 1 fully saturated rings. The van der Waals surface area contributed by atoms with Crippen LogP contribution < -0.4 is 5.32 Å². The summed E-state index contributed by atoms with van der Waals surface area (Å²) in [5.74, 6) is 0.834. The second-order valence-electron chi connectivity index (χ2n) is 8.19. The Morgan fingerprint density at radius 2 is 1.83 bits per heavy atom. The highest BCUT2D eigenvalue weighted by molar-refractivity contribution is 5.95. The molecule has 0 bridgehead atoms. The highest BCUT2D eigenvalue weighted by Crippen LogP contribution is 2.31. The zero-order valence-electron chi connectivity index (χ0n) is 18.9. The molecule has 0 radical (unpaired) electrons. The van der Waals surface area contributed by atoms with Gasteiger partial charge in [0.15, 0.2) is 0 Å². The number of carbonyl (C=O) groups excluding carboxylic acids is 1. The van der Waals surface area contributed by atoms with Crippen LogP contribution in [0.2, 0.25) is 0 Å². The average molecular weight is 404 g/mol. The zero-order valence-corrected chi connectivity index (χ0v) is 18.9. The van der Waals surface area contributed by atoms with E-state index in [4.69, 9.17) is 4.98 Å². The largest absolute Gasteiger partial charge is 0.310 e. The Morgan fingerprint density at radius 1 is 1.13 bits per heavy atom. The fraction of sp³-hybridized carbons (Fsp3) is 0.423. The molecule has 2 heterocycles. The van der Waals surface area contributed by atoms with E-state index in [1.165, 1.54) is 16.7 Å². The van der Waals surface area contributed by atoms with E-state index in [-0.39, 0.29) is 11.8 Å². The normalized spacial score (nSPS) is 15.9. The number of rotatable bonds is 8. The summed E-state index contributed by atoms with van der Waals surface area (Å²) in [6.45, 7) is 10.9. The van der Waals surface area contributed by atoms with Crippen molar-refractivity contribution in [1.29, 1.82) is 0 Å². The summed E-state index contributed by atoms with van der Waals surface area (Å²) in [6, 6.07) is 3.98. The fourth-order valence-corrected chi connectivity index (χ4v) is 3.65. The third kappa shape index (κ3) is 5.24. The first-order valence-corrected chi connectivity index (χ1v) is 11.1. The van der Waals surface area contributed by atoms with Gasteiger partial charge in [-0.1, -0.05) is 38.0 Å². The number of aromatic nitrogens is 2. The molecule has 2 aromatic heterocycles. The van der Waals surface area contributed by atoms with Crippen LogP contribution >= 0.6 is 0 Å². The molecule has 0 unspecified atom stereocenters. The zero-order chi connectivity index (χ0) is 21.7. The van der Waals surface area contributed by atoms with E-state index < -0.39 is 0 Å². The molecular weight excluding hydrogens is 370 g/mol. The number of nitrogens with zero attached hydrogens (tertiary/aromatic N) is 2. The van der Waals surface area contributed by atoms with Crippen LogP contribution in [0.3, 0.4) is 0 Å². The van der Waals surface area contributed by atoms with Crippen LogP contribution in [0.5, 0.6) is 0 Å². The maximum absolute atomic E-state index is 12.0. The first kappa shape index (κ1) is 21.9. The van der Waals surface area contributed by atoms with Crippen molar-refractivity contribution in [3.63, 3.8) is 0 Å². The minimum atomic E-state index is 0.0710. The van der Waals surface area contributed by atoms with E-state index in [1.807, 2.05) is 18.5 Å². The molecule has 0 atom stereocenters. The first-order valence-electron chi connectivity index (χ1n) is 11.1. The van der Waals surface area contributed by atoms with Gasteiger partial charge in [0.05, 0.1) is 5.69 Å². The summed E-state index contributed by atoms with van der Waals surface area (Å²) in [6.07, 6.45) is 13.4. The second-order valence-corrected chi connectivity index (χ2v) is 8.19. The van der Waals surface area contributed by atoms with Crippen molar-refractivity contribution in [2.75, 3.05) is 5.32 Å². The number of hydrogen-bond donors (Lipinski definition) is 1. The molecule has 1 aliphatic carbocycles. The van der Waals surface area contributed by atoms with Gasteiger partial charge < -0.3 is 5.32 Å². The minimum Gasteiger partial charge on any atom is -0.310 e. The minimum absolute atomic E-state index is 0.0710. The Labute approximate surface area is 180 Å². The van der Waals surface area contributed by atoms with E-state index in [9.17, 15) is 4.79 Å². The number of fused-ring (bicyclic) bond motifs is 1. The van der Waals surface area contributed by atoms with Gasteiger partial charge in [0.25, 0.3) is 0 Å². The molecule has 1 amide bonds. The quantitative estimate of drug-likeness (QED) is 0.490. The third-order valence-electron chi connectivity index (χ3n) is 5.78. The van der Waals surface area contributed by atoms with Crippen LogP contribution in [-0.4, -0.2) is 15.9 Å². The number of anilines is 1. The van der Waals surface area contributed by atoms with Crippen molar-refractivity contribution in [2.24, 2.45) is 5.92 Å². The van der Waals surface area contributed by atoms with E-state index in [2.05, 4.69) is 63.1 Å². The molecule has 30 heavy (non-hydrogen) atoms. The Bertz CT molecular complexity index is 1030. The predicted molar refractivity (Wildman–Crippen MR) is 126 cm³/mol. The number of hydrogen-bond acceptors (Lipinski definition) is 3. The van der Waals surface area contributed by atoms with Crippen molar-refractivity contribution < 1.29 is 4.79 Å². The van der Waals surface area contributed by atoms with E-state index in [0.717, 1.165) is 54.1 Å². The lowest BCUT2D eigenvalue weighted by atomic mass is 9.95. The van der Waals surface area contributed by atoms with E-state index in [0.29, 0.717) is 5.82 Å². The molecule has 158 valence electrons. The number of carbonyl (C=O) groups is 1. The predicted octanol–water partition coefficient (Wildman–Crippen LogP) is 6.85.